The summed E-state index contributed by atoms with van der Waals surface area (Å²) in [5.74, 6) is -2.48. The molecule has 7 heteroatoms. The summed E-state index contributed by atoms with van der Waals surface area (Å²) >= 11 is 0. The van der Waals surface area contributed by atoms with E-state index in [0.717, 1.165) is 27.2 Å². The van der Waals surface area contributed by atoms with Gasteiger partial charge in [0, 0.05) is 13.0 Å². The number of carbonyl (C=O) groups excluding carboxylic acids is 1. The minimum absolute atomic E-state index is 0.0874. The number of carboxylic acids is 2. The third kappa shape index (κ3) is 3.98. The highest BCUT2D eigenvalue weighted by Gasteiger charge is 2.31. The first kappa shape index (κ1) is 19.4. The van der Waals surface area contributed by atoms with Gasteiger partial charge in [0.2, 0.25) is 0 Å². The van der Waals surface area contributed by atoms with Crippen molar-refractivity contribution >= 4 is 18.0 Å². The molecule has 0 fully saturated rings. The molecule has 0 aliphatic heterocycles. The Balaban J connectivity index is 1.73. The summed E-state index contributed by atoms with van der Waals surface area (Å²) in [5, 5.41) is 18.0. The van der Waals surface area contributed by atoms with Crippen LogP contribution in [0.5, 0.6) is 0 Å². The largest absolute Gasteiger partial charge is 0.481 e. The molecule has 28 heavy (non-hydrogen) atoms. The van der Waals surface area contributed by atoms with Gasteiger partial charge in [-0.15, -0.1) is 0 Å². The first-order chi connectivity index (χ1) is 13.4. The predicted molar refractivity (Wildman–Crippen MR) is 101 cm³/mol. The van der Waals surface area contributed by atoms with Crippen LogP contribution in [0, 0.1) is 0 Å². The summed E-state index contributed by atoms with van der Waals surface area (Å²) in [7, 11) is 1.36. The van der Waals surface area contributed by atoms with Gasteiger partial charge < -0.3 is 19.8 Å². The van der Waals surface area contributed by atoms with Crippen molar-refractivity contribution in [2.24, 2.45) is 0 Å². The third-order valence-corrected chi connectivity index (χ3v) is 4.99. The number of aliphatic carboxylic acids is 2. The van der Waals surface area contributed by atoms with Crippen molar-refractivity contribution in [3.63, 3.8) is 0 Å². The van der Waals surface area contributed by atoms with E-state index in [1.165, 1.54) is 7.05 Å². The van der Waals surface area contributed by atoms with Crippen LogP contribution in [0.25, 0.3) is 11.1 Å². The van der Waals surface area contributed by atoms with Crippen LogP contribution in [0.2, 0.25) is 0 Å². The van der Waals surface area contributed by atoms with E-state index < -0.39 is 36.9 Å². The Morgan fingerprint density at radius 3 is 1.86 bits per heavy atom. The molecular weight excluding hydrogens is 362 g/mol. The number of hydrogen-bond acceptors (Lipinski definition) is 4. The minimum atomic E-state index is -1.18. The van der Waals surface area contributed by atoms with Gasteiger partial charge in [0.25, 0.3) is 0 Å². The normalized spacial score (nSPS) is 12.4. The molecular formula is C21H21NO6. The first-order valence-electron chi connectivity index (χ1n) is 8.90. The highest BCUT2D eigenvalue weighted by molar-refractivity contribution is 5.79. The lowest BCUT2D eigenvalue weighted by Gasteiger charge is -2.26. The molecule has 0 saturated carbocycles. The monoisotopic (exact) mass is 383 g/mol. The molecule has 2 aromatic carbocycles. The lowest BCUT2D eigenvalue weighted by molar-refractivity contribution is -0.140. The zero-order valence-corrected chi connectivity index (χ0v) is 15.4. The van der Waals surface area contributed by atoms with E-state index in [0.29, 0.717) is 0 Å². The van der Waals surface area contributed by atoms with Crippen LogP contribution in [0.4, 0.5) is 4.79 Å². The molecule has 7 nitrogen and oxygen atoms in total. The number of hydrogen-bond donors (Lipinski definition) is 2. The third-order valence-electron chi connectivity index (χ3n) is 4.99. The number of amides is 1. The van der Waals surface area contributed by atoms with Gasteiger partial charge in [-0.3, -0.25) is 9.59 Å². The molecule has 0 aromatic heterocycles. The van der Waals surface area contributed by atoms with Gasteiger partial charge in [-0.25, -0.2) is 4.79 Å². The van der Waals surface area contributed by atoms with Crippen molar-refractivity contribution in [2.75, 3.05) is 13.7 Å². The van der Waals surface area contributed by atoms with E-state index >= 15 is 0 Å². The molecule has 0 atom stereocenters. The highest BCUT2D eigenvalue weighted by atomic mass is 16.6. The first-order valence-corrected chi connectivity index (χ1v) is 8.90. The lowest BCUT2D eigenvalue weighted by atomic mass is 9.98. The van der Waals surface area contributed by atoms with Gasteiger partial charge in [-0.2, -0.15) is 0 Å². The van der Waals surface area contributed by atoms with E-state index in [2.05, 4.69) is 0 Å². The van der Waals surface area contributed by atoms with Crippen LogP contribution >= 0.6 is 0 Å². The lowest BCUT2D eigenvalue weighted by Crippen LogP contribution is -2.40. The van der Waals surface area contributed by atoms with Crippen molar-refractivity contribution in [1.29, 1.82) is 0 Å². The fourth-order valence-corrected chi connectivity index (χ4v) is 3.59. The Morgan fingerprint density at radius 1 is 0.929 bits per heavy atom. The van der Waals surface area contributed by atoms with Gasteiger partial charge in [-0.05, 0) is 22.3 Å². The van der Waals surface area contributed by atoms with Crippen molar-refractivity contribution in [1.82, 2.24) is 4.90 Å². The maximum atomic E-state index is 12.4. The second-order valence-electron chi connectivity index (χ2n) is 6.76. The Labute approximate surface area is 162 Å². The average Bonchev–Trinajstić information content (AvgIpc) is 2.98. The standard InChI is InChI=1S/C21H21NO6/c1-22(13(10-19(23)24)11-20(25)26)21(27)28-12-18-16-8-4-2-6-14(16)15-7-3-5-9-17(15)18/h2-9,13,18H,10-12H2,1H3,(H,23,24)(H,25,26). The molecule has 146 valence electrons. The number of carboxylic acid groups (broad SMARTS) is 2. The number of nitrogens with zero attached hydrogens (tertiary/aromatic N) is 1. The summed E-state index contributed by atoms with van der Waals surface area (Å²) in [6, 6.07) is 14.8. The fourth-order valence-electron chi connectivity index (χ4n) is 3.59. The van der Waals surface area contributed by atoms with Gasteiger partial charge in [0.15, 0.2) is 0 Å². The van der Waals surface area contributed by atoms with Gasteiger partial charge in [0.05, 0.1) is 18.9 Å². The van der Waals surface area contributed by atoms with Crippen molar-refractivity contribution in [3.8, 4) is 11.1 Å². The zero-order chi connectivity index (χ0) is 20.3. The second kappa shape index (κ2) is 8.12. The zero-order valence-electron chi connectivity index (χ0n) is 15.4. The number of fused-ring (bicyclic) bond motifs is 3. The molecule has 3 rings (SSSR count). The molecule has 0 spiro atoms. The van der Waals surface area contributed by atoms with E-state index in [1.54, 1.807) is 0 Å². The average molecular weight is 383 g/mol. The van der Waals surface area contributed by atoms with Crippen LogP contribution in [-0.4, -0.2) is 52.8 Å². The van der Waals surface area contributed by atoms with Crippen LogP contribution in [0.1, 0.15) is 29.9 Å². The smallest absolute Gasteiger partial charge is 0.409 e. The Hall–Kier alpha value is -3.35. The summed E-state index contributed by atoms with van der Waals surface area (Å²) < 4.78 is 5.45. The summed E-state index contributed by atoms with van der Waals surface area (Å²) in [6.45, 7) is 0.0874. The summed E-state index contributed by atoms with van der Waals surface area (Å²) in [6.07, 6.45) is -1.67. The number of rotatable bonds is 7. The van der Waals surface area contributed by atoms with E-state index in [-0.39, 0.29) is 12.5 Å². The van der Waals surface area contributed by atoms with Crippen LogP contribution in [-0.2, 0) is 14.3 Å². The minimum Gasteiger partial charge on any atom is -0.481 e. The Kier molecular flexibility index (Phi) is 5.63. The van der Waals surface area contributed by atoms with Crippen molar-refractivity contribution in [3.05, 3.63) is 59.7 Å². The maximum absolute atomic E-state index is 12.4. The van der Waals surface area contributed by atoms with E-state index in [4.69, 9.17) is 14.9 Å². The van der Waals surface area contributed by atoms with Gasteiger partial charge in [-0.1, -0.05) is 48.5 Å². The molecule has 2 aromatic rings. The van der Waals surface area contributed by atoms with Crippen LogP contribution in [0.3, 0.4) is 0 Å². The fraction of sp³-hybridized carbons (Fsp3) is 0.286. The molecule has 1 amide bonds. The van der Waals surface area contributed by atoms with Gasteiger partial charge >= 0.3 is 18.0 Å². The molecule has 2 N–H and O–H groups in total. The number of ether oxygens (including phenoxy) is 1. The molecule has 0 unspecified atom stereocenters. The molecule has 1 aliphatic rings. The SMILES string of the molecule is CN(C(=O)OCC1c2ccccc2-c2ccccc21)C(CC(=O)O)CC(=O)O. The van der Waals surface area contributed by atoms with Crippen LogP contribution in [0.15, 0.2) is 48.5 Å². The summed E-state index contributed by atoms with van der Waals surface area (Å²) in [5.41, 5.74) is 4.32. The quantitative estimate of drug-likeness (QED) is 0.761. The van der Waals surface area contributed by atoms with Crippen molar-refractivity contribution in [2.45, 2.75) is 24.8 Å². The predicted octanol–water partition coefficient (Wildman–Crippen LogP) is 3.19. The van der Waals surface area contributed by atoms with Crippen LogP contribution < -0.4 is 0 Å². The molecule has 0 radical (unpaired) electrons. The Bertz CT molecular complexity index is 848. The second-order valence-corrected chi connectivity index (χ2v) is 6.76. The molecule has 0 bridgehead atoms. The molecule has 0 saturated heterocycles. The maximum Gasteiger partial charge on any atom is 0.409 e. The molecule has 0 heterocycles. The van der Waals surface area contributed by atoms with Crippen molar-refractivity contribution < 1.29 is 29.3 Å². The topological polar surface area (TPSA) is 104 Å². The number of benzene rings is 2. The number of carbonyl (C=O) groups is 3. The Morgan fingerprint density at radius 2 is 1.39 bits per heavy atom. The summed E-state index contributed by atoms with van der Waals surface area (Å²) in [4.78, 5) is 35.5. The van der Waals surface area contributed by atoms with E-state index in [9.17, 15) is 14.4 Å². The van der Waals surface area contributed by atoms with Gasteiger partial charge in [0.1, 0.15) is 6.61 Å². The molecule has 1 aliphatic carbocycles. The van der Waals surface area contributed by atoms with E-state index in [1.807, 2.05) is 48.5 Å². The highest BCUT2D eigenvalue weighted by Crippen LogP contribution is 2.44.